The van der Waals surface area contributed by atoms with E-state index in [0.717, 1.165) is 19.0 Å². The number of hydrogen-bond acceptors (Lipinski definition) is 4. The van der Waals surface area contributed by atoms with Crippen molar-refractivity contribution in [3.8, 4) is 0 Å². The highest BCUT2D eigenvalue weighted by Crippen LogP contribution is 2.27. The molecule has 1 atom stereocenters. The molecule has 4 nitrogen and oxygen atoms in total. The lowest BCUT2D eigenvalue weighted by atomic mass is 9.85. The first-order chi connectivity index (χ1) is 8.51. The SMILES string of the molecule is CCNC(C)(CN(C)CC1CCC1)C(=O)OCC. The molecule has 106 valence electrons. The second kappa shape index (κ2) is 7.10. The molecule has 0 heterocycles. The van der Waals surface area contributed by atoms with Crippen LogP contribution in [0.1, 0.15) is 40.0 Å². The standard InChI is InChI=1S/C14H28N2O2/c1-5-15-14(3,13(17)18-6-2)11-16(4)10-12-8-7-9-12/h12,15H,5-11H2,1-4H3. The molecule has 1 N–H and O–H groups in total. The molecule has 1 fully saturated rings. The molecular weight excluding hydrogens is 228 g/mol. The van der Waals surface area contributed by atoms with Crippen molar-refractivity contribution in [3.63, 3.8) is 0 Å². The number of nitrogens with zero attached hydrogens (tertiary/aromatic N) is 1. The maximum atomic E-state index is 12.0. The first-order valence-electron chi connectivity index (χ1n) is 7.12. The van der Waals surface area contributed by atoms with Gasteiger partial charge in [0.2, 0.25) is 0 Å². The Bertz CT molecular complexity index is 267. The topological polar surface area (TPSA) is 41.6 Å². The Balaban J connectivity index is 2.50. The van der Waals surface area contributed by atoms with Crippen molar-refractivity contribution >= 4 is 5.97 Å². The number of carbonyl (C=O) groups is 1. The Hall–Kier alpha value is -0.610. The van der Waals surface area contributed by atoms with Crippen LogP contribution in [0.2, 0.25) is 0 Å². The fourth-order valence-corrected chi connectivity index (χ4v) is 2.59. The summed E-state index contributed by atoms with van der Waals surface area (Å²) in [5.41, 5.74) is -0.594. The van der Waals surface area contributed by atoms with E-state index < -0.39 is 5.54 Å². The summed E-state index contributed by atoms with van der Waals surface area (Å²) in [6.07, 6.45) is 4.03. The zero-order valence-corrected chi connectivity index (χ0v) is 12.3. The molecule has 0 aliphatic heterocycles. The predicted molar refractivity (Wildman–Crippen MR) is 73.6 cm³/mol. The molecule has 0 aromatic heterocycles. The molecule has 0 aromatic rings. The Morgan fingerprint density at radius 3 is 2.56 bits per heavy atom. The summed E-state index contributed by atoms with van der Waals surface area (Å²) < 4.78 is 5.18. The molecule has 1 aliphatic carbocycles. The van der Waals surface area contributed by atoms with Crippen molar-refractivity contribution in [2.24, 2.45) is 5.92 Å². The fourth-order valence-electron chi connectivity index (χ4n) is 2.59. The number of carbonyl (C=O) groups excluding carboxylic acids is 1. The predicted octanol–water partition coefficient (Wildman–Crippen LogP) is 1.65. The summed E-state index contributed by atoms with van der Waals surface area (Å²) in [6, 6.07) is 0. The molecule has 0 spiro atoms. The van der Waals surface area contributed by atoms with E-state index in [1.165, 1.54) is 19.3 Å². The van der Waals surface area contributed by atoms with Gasteiger partial charge in [-0.3, -0.25) is 4.79 Å². The molecule has 1 aliphatic rings. The van der Waals surface area contributed by atoms with Gasteiger partial charge in [0, 0.05) is 13.1 Å². The van der Waals surface area contributed by atoms with Crippen LogP contribution in [0.3, 0.4) is 0 Å². The lowest BCUT2D eigenvalue weighted by Crippen LogP contribution is -2.57. The minimum Gasteiger partial charge on any atom is -0.465 e. The Kier molecular flexibility index (Phi) is 6.09. The van der Waals surface area contributed by atoms with Crippen LogP contribution >= 0.6 is 0 Å². The second-order valence-corrected chi connectivity index (χ2v) is 5.58. The molecule has 1 unspecified atom stereocenters. The summed E-state index contributed by atoms with van der Waals surface area (Å²) in [5, 5.41) is 3.27. The van der Waals surface area contributed by atoms with Gasteiger partial charge >= 0.3 is 5.97 Å². The number of esters is 1. The number of nitrogens with one attached hydrogen (secondary N) is 1. The van der Waals surface area contributed by atoms with Crippen LogP contribution < -0.4 is 5.32 Å². The normalized spacial score (nSPS) is 19.4. The molecule has 0 amide bonds. The zero-order valence-electron chi connectivity index (χ0n) is 12.3. The van der Waals surface area contributed by atoms with Gasteiger partial charge in [0.1, 0.15) is 5.54 Å². The number of likely N-dealkylation sites (N-methyl/N-ethyl adjacent to an activating group) is 2. The van der Waals surface area contributed by atoms with Gasteiger partial charge in [-0.1, -0.05) is 13.3 Å². The molecule has 1 saturated carbocycles. The molecule has 0 aromatic carbocycles. The van der Waals surface area contributed by atoms with Crippen LogP contribution in [0, 0.1) is 5.92 Å². The monoisotopic (exact) mass is 256 g/mol. The average molecular weight is 256 g/mol. The zero-order chi connectivity index (χ0) is 13.6. The Morgan fingerprint density at radius 1 is 1.44 bits per heavy atom. The first kappa shape index (κ1) is 15.4. The lowest BCUT2D eigenvalue weighted by molar-refractivity contribution is -0.151. The van der Waals surface area contributed by atoms with Gasteiger partial charge < -0.3 is 15.0 Å². The Labute approximate surface area is 111 Å². The minimum absolute atomic E-state index is 0.146. The van der Waals surface area contributed by atoms with Crippen LogP contribution in [0.4, 0.5) is 0 Å². The van der Waals surface area contributed by atoms with E-state index in [0.29, 0.717) is 13.2 Å². The van der Waals surface area contributed by atoms with Crippen molar-refractivity contribution in [1.82, 2.24) is 10.2 Å². The van der Waals surface area contributed by atoms with Crippen LogP contribution in [-0.2, 0) is 9.53 Å². The third kappa shape index (κ3) is 4.25. The van der Waals surface area contributed by atoms with Crippen molar-refractivity contribution in [3.05, 3.63) is 0 Å². The third-order valence-electron chi connectivity index (χ3n) is 3.67. The van der Waals surface area contributed by atoms with Gasteiger partial charge in [-0.25, -0.2) is 0 Å². The average Bonchev–Trinajstić information content (AvgIpc) is 2.24. The number of ether oxygens (including phenoxy) is 1. The minimum atomic E-state index is -0.594. The molecule has 4 heteroatoms. The van der Waals surface area contributed by atoms with Crippen molar-refractivity contribution in [2.45, 2.75) is 45.6 Å². The summed E-state index contributed by atoms with van der Waals surface area (Å²) in [7, 11) is 2.09. The largest absolute Gasteiger partial charge is 0.465 e. The van der Waals surface area contributed by atoms with Gasteiger partial charge in [0.15, 0.2) is 0 Å². The van der Waals surface area contributed by atoms with Gasteiger partial charge in [0.05, 0.1) is 6.61 Å². The van der Waals surface area contributed by atoms with Crippen molar-refractivity contribution in [1.29, 1.82) is 0 Å². The van der Waals surface area contributed by atoms with E-state index in [9.17, 15) is 4.79 Å². The van der Waals surface area contributed by atoms with E-state index in [-0.39, 0.29) is 5.97 Å². The smallest absolute Gasteiger partial charge is 0.327 e. The molecule has 18 heavy (non-hydrogen) atoms. The van der Waals surface area contributed by atoms with Crippen molar-refractivity contribution < 1.29 is 9.53 Å². The maximum absolute atomic E-state index is 12.0. The Morgan fingerprint density at radius 2 is 2.11 bits per heavy atom. The fraction of sp³-hybridized carbons (Fsp3) is 0.929. The van der Waals surface area contributed by atoms with Crippen molar-refractivity contribution in [2.75, 3.05) is 33.3 Å². The van der Waals surface area contributed by atoms with E-state index >= 15 is 0 Å². The van der Waals surface area contributed by atoms with E-state index in [2.05, 4.69) is 17.3 Å². The van der Waals surface area contributed by atoms with Crippen LogP contribution in [-0.4, -0.2) is 49.7 Å². The van der Waals surface area contributed by atoms with Gasteiger partial charge in [0.25, 0.3) is 0 Å². The summed E-state index contributed by atoms with van der Waals surface area (Å²) in [5.74, 6) is 0.676. The first-order valence-corrected chi connectivity index (χ1v) is 7.12. The molecule has 0 bridgehead atoms. The number of rotatable bonds is 8. The molecule has 0 radical (unpaired) electrons. The summed E-state index contributed by atoms with van der Waals surface area (Å²) in [4.78, 5) is 14.3. The van der Waals surface area contributed by atoms with Gasteiger partial charge in [-0.15, -0.1) is 0 Å². The highest BCUT2D eigenvalue weighted by molar-refractivity contribution is 5.80. The molecular formula is C14H28N2O2. The van der Waals surface area contributed by atoms with Crippen LogP contribution in [0.5, 0.6) is 0 Å². The maximum Gasteiger partial charge on any atom is 0.327 e. The van der Waals surface area contributed by atoms with E-state index in [1.807, 2.05) is 20.8 Å². The molecule has 0 saturated heterocycles. The third-order valence-corrected chi connectivity index (χ3v) is 3.67. The van der Waals surface area contributed by atoms with E-state index in [4.69, 9.17) is 4.74 Å². The van der Waals surface area contributed by atoms with Gasteiger partial charge in [-0.2, -0.15) is 0 Å². The molecule has 1 rings (SSSR count). The summed E-state index contributed by atoms with van der Waals surface area (Å²) >= 11 is 0. The summed E-state index contributed by atoms with van der Waals surface area (Å²) in [6.45, 7) is 8.80. The quantitative estimate of drug-likeness (QED) is 0.671. The van der Waals surface area contributed by atoms with Gasteiger partial charge in [-0.05, 0) is 46.2 Å². The number of hydrogen-bond donors (Lipinski definition) is 1. The highest BCUT2D eigenvalue weighted by Gasteiger charge is 2.35. The van der Waals surface area contributed by atoms with E-state index in [1.54, 1.807) is 0 Å². The van der Waals surface area contributed by atoms with Crippen LogP contribution in [0.15, 0.2) is 0 Å². The highest BCUT2D eigenvalue weighted by atomic mass is 16.5. The lowest BCUT2D eigenvalue weighted by Gasteiger charge is -2.36. The van der Waals surface area contributed by atoms with Crippen LogP contribution in [0.25, 0.3) is 0 Å². The second-order valence-electron chi connectivity index (χ2n) is 5.58.